The van der Waals surface area contributed by atoms with Crippen LogP contribution in [0.5, 0.6) is 5.75 Å². The number of benzene rings is 1. The molecular weight excluding hydrogens is 218 g/mol. The Morgan fingerprint density at radius 2 is 2.35 bits per heavy atom. The van der Waals surface area contributed by atoms with Crippen LogP contribution in [0.4, 0.5) is 10.5 Å². The van der Waals surface area contributed by atoms with Gasteiger partial charge < -0.3 is 9.47 Å². The zero-order chi connectivity index (χ0) is 12.1. The van der Waals surface area contributed by atoms with Gasteiger partial charge in [-0.2, -0.15) is 0 Å². The molecule has 1 N–H and O–H groups in total. The van der Waals surface area contributed by atoms with Crippen LogP contribution in [0, 0.1) is 12.0 Å². The Labute approximate surface area is 101 Å². The molecule has 4 heteroatoms. The van der Waals surface area contributed by atoms with Crippen molar-refractivity contribution in [2.24, 2.45) is 5.92 Å². The molecule has 1 aromatic rings. The van der Waals surface area contributed by atoms with Crippen molar-refractivity contribution in [3.8, 4) is 5.75 Å². The van der Waals surface area contributed by atoms with Gasteiger partial charge in [-0.05, 0) is 43.9 Å². The molecule has 1 amide bonds. The van der Waals surface area contributed by atoms with E-state index in [0.717, 1.165) is 0 Å². The third-order valence-electron chi connectivity index (χ3n) is 2.47. The molecule has 0 unspecified atom stereocenters. The summed E-state index contributed by atoms with van der Waals surface area (Å²) < 4.78 is 10.4. The number of rotatable bonds is 5. The smallest absolute Gasteiger partial charge is 0.411 e. The number of nitrogens with one attached hydrogen (secondary N) is 1. The second-order valence-corrected chi connectivity index (χ2v) is 4.06. The van der Waals surface area contributed by atoms with Gasteiger partial charge >= 0.3 is 6.09 Å². The minimum Gasteiger partial charge on any atom is -0.494 e. The van der Waals surface area contributed by atoms with E-state index in [1.165, 1.54) is 12.8 Å². The summed E-state index contributed by atoms with van der Waals surface area (Å²) >= 11 is 0. The number of carbonyl (C=O) groups excluding carboxylic acids is 1. The first kappa shape index (κ1) is 11.8. The highest BCUT2D eigenvalue weighted by Crippen LogP contribution is 2.28. The van der Waals surface area contributed by atoms with Crippen LogP contribution in [0.15, 0.2) is 18.2 Å². The molecule has 1 aliphatic carbocycles. The van der Waals surface area contributed by atoms with E-state index in [0.29, 0.717) is 30.6 Å². The summed E-state index contributed by atoms with van der Waals surface area (Å²) in [5.74, 6) is 1.26. The normalized spacial score (nSPS) is 14.2. The predicted octanol–water partition coefficient (Wildman–Crippen LogP) is 2.84. The van der Waals surface area contributed by atoms with Gasteiger partial charge in [0.15, 0.2) is 0 Å². The van der Waals surface area contributed by atoms with Gasteiger partial charge in [0, 0.05) is 11.8 Å². The van der Waals surface area contributed by atoms with Crippen LogP contribution in [0.25, 0.3) is 0 Å². The van der Waals surface area contributed by atoms with Crippen molar-refractivity contribution in [2.75, 3.05) is 18.5 Å². The fourth-order valence-electron chi connectivity index (χ4n) is 1.40. The Morgan fingerprint density at radius 3 is 3.06 bits per heavy atom. The fraction of sp³-hybridized carbons (Fsp3) is 0.462. The number of amides is 1. The number of hydrogen-bond acceptors (Lipinski definition) is 3. The monoisotopic (exact) mass is 234 g/mol. The van der Waals surface area contributed by atoms with E-state index in [-0.39, 0.29) is 0 Å². The number of carbonyl (C=O) groups is 1. The molecule has 1 fully saturated rings. The standard InChI is InChI=1S/C13H16NO3/c1-2-16-12-5-3-4-11(8-12)14-13(15)17-9-10-6-7-10/h4-5,8,10H,2,6-7,9H2,1H3,(H,14,15). The minimum atomic E-state index is -0.418. The molecule has 4 nitrogen and oxygen atoms in total. The average molecular weight is 234 g/mol. The van der Waals surface area contributed by atoms with E-state index >= 15 is 0 Å². The van der Waals surface area contributed by atoms with Crippen LogP contribution in [-0.4, -0.2) is 19.3 Å². The van der Waals surface area contributed by atoms with Crippen LogP contribution in [0.3, 0.4) is 0 Å². The average Bonchev–Trinajstić information content (AvgIpc) is 3.11. The predicted molar refractivity (Wildman–Crippen MR) is 64.1 cm³/mol. The summed E-state index contributed by atoms with van der Waals surface area (Å²) in [6.07, 6.45) is 1.92. The first-order chi connectivity index (χ1) is 8.28. The molecule has 91 valence electrons. The van der Waals surface area contributed by atoms with Crippen LogP contribution in [0.2, 0.25) is 0 Å². The van der Waals surface area contributed by atoms with E-state index in [4.69, 9.17) is 9.47 Å². The van der Waals surface area contributed by atoms with E-state index in [1.54, 1.807) is 18.2 Å². The van der Waals surface area contributed by atoms with Crippen molar-refractivity contribution in [1.82, 2.24) is 0 Å². The summed E-state index contributed by atoms with van der Waals surface area (Å²) in [7, 11) is 0. The van der Waals surface area contributed by atoms with Crippen molar-refractivity contribution in [1.29, 1.82) is 0 Å². The lowest BCUT2D eigenvalue weighted by Gasteiger charge is -2.08. The molecule has 0 spiro atoms. The molecule has 0 aromatic heterocycles. The maximum absolute atomic E-state index is 11.4. The third-order valence-corrected chi connectivity index (χ3v) is 2.47. The molecule has 1 aliphatic rings. The first-order valence-corrected chi connectivity index (χ1v) is 5.85. The molecule has 0 saturated heterocycles. The van der Waals surface area contributed by atoms with Gasteiger partial charge in [0.1, 0.15) is 5.75 Å². The van der Waals surface area contributed by atoms with Gasteiger partial charge in [-0.1, -0.05) is 0 Å². The zero-order valence-corrected chi connectivity index (χ0v) is 9.86. The van der Waals surface area contributed by atoms with Crippen molar-refractivity contribution in [2.45, 2.75) is 19.8 Å². The van der Waals surface area contributed by atoms with Crippen LogP contribution >= 0.6 is 0 Å². The van der Waals surface area contributed by atoms with E-state index in [2.05, 4.69) is 11.4 Å². The lowest BCUT2D eigenvalue weighted by molar-refractivity contribution is 0.156. The molecule has 17 heavy (non-hydrogen) atoms. The Morgan fingerprint density at radius 1 is 1.53 bits per heavy atom. The first-order valence-electron chi connectivity index (χ1n) is 5.85. The Kier molecular flexibility index (Phi) is 3.85. The Bertz CT molecular complexity index is 388. The maximum Gasteiger partial charge on any atom is 0.411 e. The number of ether oxygens (including phenoxy) is 2. The van der Waals surface area contributed by atoms with Crippen LogP contribution in [-0.2, 0) is 4.74 Å². The minimum absolute atomic E-state index is 0.418. The van der Waals surface area contributed by atoms with Crippen molar-refractivity contribution in [3.63, 3.8) is 0 Å². The topological polar surface area (TPSA) is 47.6 Å². The third kappa shape index (κ3) is 3.98. The van der Waals surface area contributed by atoms with Gasteiger partial charge in [-0.3, -0.25) is 5.32 Å². The van der Waals surface area contributed by atoms with E-state index < -0.39 is 6.09 Å². The molecule has 0 bridgehead atoms. The summed E-state index contributed by atoms with van der Waals surface area (Å²) in [5.41, 5.74) is 0.636. The molecule has 1 radical (unpaired) electrons. The van der Waals surface area contributed by atoms with Gasteiger partial charge in [0.05, 0.1) is 13.2 Å². The van der Waals surface area contributed by atoms with Gasteiger partial charge in [0.2, 0.25) is 0 Å². The summed E-state index contributed by atoms with van der Waals surface area (Å²) in [6.45, 7) is 3.01. The molecule has 1 saturated carbocycles. The molecule has 0 heterocycles. The Balaban J connectivity index is 1.83. The van der Waals surface area contributed by atoms with Crippen LogP contribution in [0.1, 0.15) is 19.8 Å². The Hall–Kier alpha value is -1.71. The van der Waals surface area contributed by atoms with Gasteiger partial charge in [0.25, 0.3) is 0 Å². The van der Waals surface area contributed by atoms with E-state index in [9.17, 15) is 4.79 Å². The highest BCUT2D eigenvalue weighted by Gasteiger charge is 2.22. The molecule has 0 aliphatic heterocycles. The van der Waals surface area contributed by atoms with Gasteiger partial charge in [-0.25, -0.2) is 4.79 Å². The van der Waals surface area contributed by atoms with E-state index in [1.807, 2.05) is 6.92 Å². The highest BCUT2D eigenvalue weighted by atomic mass is 16.5. The van der Waals surface area contributed by atoms with Crippen molar-refractivity contribution >= 4 is 11.8 Å². The summed E-state index contributed by atoms with van der Waals surface area (Å²) in [4.78, 5) is 11.4. The van der Waals surface area contributed by atoms with Gasteiger partial charge in [-0.15, -0.1) is 0 Å². The van der Waals surface area contributed by atoms with Crippen LogP contribution < -0.4 is 10.1 Å². The van der Waals surface area contributed by atoms with Crippen molar-refractivity contribution in [3.05, 3.63) is 24.3 Å². The lowest BCUT2D eigenvalue weighted by atomic mass is 10.3. The molecule has 1 aromatic carbocycles. The fourth-order valence-corrected chi connectivity index (χ4v) is 1.40. The zero-order valence-electron chi connectivity index (χ0n) is 9.86. The summed E-state index contributed by atoms with van der Waals surface area (Å²) in [6, 6.07) is 8.06. The summed E-state index contributed by atoms with van der Waals surface area (Å²) in [5, 5.41) is 2.65. The van der Waals surface area contributed by atoms with Crippen molar-refractivity contribution < 1.29 is 14.3 Å². The SMILES string of the molecule is CCOc1c[c]cc(NC(=O)OCC2CC2)c1. The second-order valence-electron chi connectivity index (χ2n) is 4.06. The molecular formula is C13H16NO3. The molecule has 0 atom stereocenters. The lowest BCUT2D eigenvalue weighted by Crippen LogP contribution is -2.15. The molecule has 2 rings (SSSR count). The quantitative estimate of drug-likeness (QED) is 0.852. The number of hydrogen-bond donors (Lipinski definition) is 1. The second kappa shape index (κ2) is 5.57. The number of anilines is 1. The largest absolute Gasteiger partial charge is 0.494 e. The highest BCUT2D eigenvalue weighted by molar-refractivity contribution is 5.84. The maximum atomic E-state index is 11.4.